The van der Waals surface area contributed by atoms with Crippen molar-refractivity contribution in [1.82, 2.24) is 4.90 Å². The highest BCUT2D eigenvalue weighted by Crippen LogP contribution is 2.35. The van der Waals surface area contributed by atoms with Gasteiger partial charge in [-0.05, 0) is 76.9 Å². The molecule has 0 atom stereocenters. The van der Waals surface area contributed by atoms with Gasteiger partial charge in [0.15, 0.2) is 11.5 Å². The average molecular weight is 292 g/mol. The van der Waals surface area contributed by atoms with Crippen LogP contribution in [0.15, 0.2) is 12.1 Å². The molecule has 1 aromatic rings. The minimum absolute atomic E-state index is 0.596. The number of rotatable bonds is 8. The molecule has 0 saturated carbocycles. The van der Waals surface area contributed by atoms with E-state index in [1.54, 1.807) is 0 Å². The van der Waals surface area contributed by atoms with Crippen LogP contribution in [0.5, 0.6) is 11.5 Å². The highest BCUT2D eigenvalue weighted by Gasteiger charge is 2.13. The van der Waals surface area contributed by atoms with Gasteiger partial charge in [-0.3, -0.25) is 0 Å². The largest absolute Gasteiger partial charge is 0.490 e. The van der Waals surface area contributed by atoms with Crippen molar-refractivity contribution in [3.05, 3.63) is 17.7 Å². The van der Waals surface area contributed by atoms with Crippen molar-refractivity contribution in [2.75, 3.05) is 38.6 Å². The molecule has 1 aromatic carbocycles. The molecule has 0 amide bonds. The van der Waals surface area contributed by atoms with Crippen molar-refractivity contribution in [3.63, 3.8) is 0 Å². The number of nitrogen functional groups attached to an aromatic ring is 1. The van der Waals surface area contributed by atoms with Gasteiger partial charge in [0.25, 0.3) is 0 Å². The standard InChI is InChI=1S/C17H28N2O2/c1-3-20-16-13-14(12-15(18)17(16)21-4-2)8-7-11-19-9-5-6-10-19/h12-13H,3-11,18H2,1-2H3. The van der Waals surface area contributed by atoms with Crippen LogP contribution in [0.3, 0.4) is 0 Å². The van der Waals surface area contributed by atoms with Crippen LogP contribution in [0.2, 0.25) is 0 Å². The van der Waals surface area contributed by atoms with E-state index in [9.17, 15) is 0 Å². The zero-order valence-corrected chi connectivity index (χ0v) is 13.4. The van der Waals surface area contributed by atoms with Gasteiger partial charge in [-0.15, -0.1) is 0 Å². The Hall–Kier alpha value is -1.42. The summed E-state index contributed by atoms with van der Waals surface area (Å²) in [5, 5.41) is 0. The predicted molar refractivity (Wildman–Crippen MR) is 87.2 cm³/mol. The lowest BCUT2D eigenvalue weighted by atomic mass is 10.1. The van der Waals surface area contributed by atoms with E-state index in [1.807, 2.05) is 19.9 Å². The maximum Gasteiger partial charge on any atom is 0.184 e. The molecular weight excluding hydrogens is 264 g/mol. The van der Waals surface area contributed by atoms with Crippen LogP contribution in [0, 0.1) is 0 Å². The molecule has 21 heavy (non-hydrogen) atoms. The maximum absolute atomic E-state index is 6.12. The number of hydrogen-bond donors (Lipinski definition) is 1. The maximum atomic E-state index is 6.12. The quantitative estimate of drug-likeness (QED) is 0.748. The highest BCUT2D eigenvalue weighted by molar-refractivity contribution is 5.62. The summed E-state index contributed by atoms with van der Waals surface area (Å²) in [4.78, 5) is 2.54. The highest BCUT2D eigenvalue weighted by atomic mass is 16.5. The molecule has 2 rings (SSSR count). The summed E-state index contributed by atoms with van der Waals surface area (Å²) in [6.45, 7) is 8.85. The monoisotopic (exact) mass is 292 g/mol. The van der Waals surface area contributed by atoms with Gasteiger partial charge in [0.05, 0.1) is 18.9 Å². The van der Waals surface area contributed by atoms with Gasteiger partial charge in [-0.25, -0.2) is 0 Å². The van der Waals surface area contributed by atoms with Gasteiger partial charge >= 0.3 is 0 Å². The first-order valence-electron chi connectivity index (χ1n) is 8.15. The van der Waals surface area contributed by atoms with Gasteiger partial charge in [-0.2, -0.15) is 0 Å². The molecule has 1 aliphatic heterocycles. The van der Waals surface area contributed by atoms with Crippen molar-refractivity contribution in [2.45, 2.75) is 39.5 Å². The summed E-state index contributed by atoms with van der Waals surface area (Å²) in [7, 11) is 0. The van der Waals surface area contributed by atoms with E-state index < -0.39 is 0 Å². The number of anilines is 1. The summed E-state index contributed by atoms with van der Waals surface area (Å²) in [6, 6.07) is 4.10. The van der Waals surface area contributed by atoms with Crippen molar-refractivity contribution in [3.8, 4) is 11.5 Å². The number of ether oxygens (including phenoxy) is 2. The van der Waals surface area contributed by atoms with Crippen molar-refractivity contribution < 1.29 is 9.47 Å². The van der Waals surface area contributed by atoms with E-state index in [0.717, 1.165) is 12.2 Å². The fourth-order valence-corrected chi connectivity index (χ4v) is 2.90. The lowest BCUT2D eigenvalue weighted by Crippen LogP contribution is -2.20. The molecule has 4 nitrogen and oxygen atoms in total. The molecule has 0 aliphatic carbocycles. The molecule has 1 saturated heterocycles. The summed E-state index contributed by atoms with van der Waals surface area (Å²) >= 11 is 0. The third kappa shape index (κ3) is 4.53. The van der Waals surface area contributed by atoms with Gasteiger partial charge in [0.2, 0.25) is 0 Å². The van der Waals surface area contributed by atoms with Crippen molar-refractivity contribution >= 4 is 5.69 Å². The Morgan fingerprint density at radius 3 is 2.48 bits per heavy atom. The normalized spacial score (nSPS) is 15.3. The van der Waals surface area contributed by atoms with E-state index in [4.69, 9.17) is 15.2 Å². The second-order valence-corrected chi connectivity index (χ2v) is 5.53. The van der Waals surface area contributed by atoms with E-state index in [1.165, 1.54) is 44.5 Å². The molecule has 1 fully saturated rings. The lowest BCUT2D eigenvalue weighted by Gasteiger charge is -2.16. The zero-order valence-electron chi connectivity index (χ0n) is 13.4. The minimum Gasteiger partial charge on any atom is -0.490 e. The number of likely N-dealkylation sites (tertiary alicyclic amines) is 1. The minimum atomic E-state index is 0.596. The fraction of sp³-hybridized carbons (Fsp3) is 0.647. The van der Waals surface area contributed by atoms with Crippen LogP contribution < -0.4 is 15.2 Å². The number of nitrogens with two attached hydrogens (primary N) is 1. The molecule has 4 heteroatoms. The smallest absolute Gasteiger partial charge is 0.184 e. The van der Waals surface area contributed by atoms with E-state index in [0.29, 0.717) is 24.7 Å². The van der Waals surface area contributed by atoms with Crippen LogP contribution in [0.1, 0.15) is 38.7 Å². The number of nitrogens with zero attached hydrogens (tertiary/aromatic N) is 1. The molecule has 1 heterocycles. The Morgan fingerprint density at radius 2 is 1.81 bits per heavy atom. The summed E-state index contributed by atoms with van der Waals surface area (Å²) < 4.78 is 11.3. The fourth-order valence-electron chi connectivity index (χ4n) is 2.90. The van der Waals surface area contributed by atoms with E-state index in [2.05, 4.69) is 11.0 Å². The van der Waals surface area contributed by atoms with Gasteiger partial charge < -0.3 is 20.1 Å². The summed E-state index contributed by atoms with van der Waals surface area (Å²) in [5.74, 6) is 1.46. The molecule has 0 bridgehead atoms. The Morgan fingerprint density at radius 1 is 1.10 bits per heavy atom. The first kappa shape index (κ1) is 16.0. The second kappa shape index (κ2) is 8.13. The van der Waals surface area contributed by atoms with E-state index >= 15 is 0 Å². The van der Waals surface area contributed by atoms with Gasteiger partial charge in [-0.1, -0.05) is 0 Å². The van der Waals surface area contributed by atoms with Crippen LogP contribution in [0.4, 0.5) is 5.69 Å². The average Bonchev–Trinajstić information content (AvgIpc) is 2.96. The SMILES string of the molecule is CCOc1cc(CCCN2CCCC2)cc(N)c1OCC. The van der Waals surface area contributed by atoms with Crippen molar-refractivity contribution in [1.29, 1.82) is 0 Å². The van der Waals surface area contributed by atoms with Gasteiger partial charge in [0.1, 0.15) is 0 Å². The Labute approximate surface area is 128 Å². The van der Waals surface area contributed by atoms with Crippen LogP contribution in [-0.2, 0) is 6.42 Å². The topological polar surface area (TPSA) is 47.7 Å². The second-order valence-electron chi connectivity index (χ2n) is 5.53. The molecule has 118 valence electrons. The third-order valence-corrected chi connectivity index (χ3v) is 3.87. The van der Waals surface area contributed by atoms with Crippen LogP contribution >= 0.6 is 0 Å². The third-order valence-electron chi connectivity index (χ3n) is 3.87. The van der Waals surface area contributed by atoms with Crippen LogP contribution in [0.25, 0.3) is 0 Å². The molecular formula is C17H28N2O2. The molecule has 2 N–H and O–H groups in total. The molecule has 0 aromatic heterocycles. The summed E-state index contributed by atoms with van der Waals surface area (Å²) in [5.41, 5.74) is 8.03. The lowest BCUT2D eigenvalue weighted by molar-refractivity contribution is 0.288. The number of hydrogen-bond acceptors (Lipinski definition) is 4. The number of benzene rings is 1. The Kier molecular flexibility index (Phi) is 6.18. The van der Waals surface area contributed by atoms with Crippen LogP contribution in [-0.4, -0.2) is 37.7 Å². The first-order valence-corrected chi connectivity index (χ1v) is 8.15. The summed E-state index contributed by atoms with van der Waals surface area (Å²) in [6.07, 6.45) is 4.90. The molecule has 0 radical (unpaired) electrons. The zero-order chi connectivity index (χ0) is 15.1. The van der Waals surface area contributed by atoms with E-state index in [-0.39, 0.29) is 0 Å². The molecule has 0 spiro atoms. The Bertz CT molecular complexity index is 443. The predicted octanol–water partition coefficient (Wildman–Crippen LogP) is 3.09. The van der Waals surface area contributed by atoms with Crippen molar-refractivity contribution in [2.24, 2.45) is 0 Å². The van der Waals surface area contributed by atoms with Gasteiger partial charge in [0, 0.05) is 0 Å². The molecule has 0 unspecified atom stereocenters. The Balaban J connectivity index is 1.98. The first-order chi connectivity index (χ1) is 10.2. The number of aryl methyl sites for hydroxylation is 1. The molecule has 1 aliphatic rings.